The zero-order valence-corrected chi connectivity index (χ0v) is 13.7. The van der Waals surface area contributed by atoms with Crippen LogP contribution in [0.1, 0.15) is 23.3 Å². The lowest BCUT2D eigenvalue weighted by Gasteiger charge is -2.24. The molecule has 0 radical (unpaired) electrons. The zero-order chi connectivity index (χ0) is 17.4. The molecular formula is C19H18FN3O2. The highest BCUT2D eigenvalue weighted by Crippen LogP contribution is 2.42. The predicted molar refractivity (Wildman–Crippen MR) is 90.6 cm³/mol. The van der Waals surface area contributed by atoms with Gasteiger partial charge in [0.1, 0.15) is 11.5 Å². The number of benzene rings is 1. The molecule has 0 aliphatic carbocycles. The summed E-state index contributed by atoms with van der Waals surface area (Å²) in [6, 6.07) is 11.4. The maximum Gasteiger partial charge on any atom is 0.272 e. The number of aromatic nitrogens is 1. The number of nitrogens with zero attached hydrogens (tertiary/aromatic N) is 3. The zero-order valence-electron chi connectivity index (χ0n) is 13.7. The number of likely N-dealkylation sites (tertiary alicyclic amines) is 1. The fraction of sp³-hybridized carbons (Fsp3) is 0.316. The molecule has 2 aliphatic rings. The Bertz CT molecular complexity index is 826. The van der Waals surface area contributed by atoms with Crippen molar-refractivity contribution in [2.24, 2.45) is 5.41 Å². The lowest BCUT2D eigenvalue weighted by atomic mass is 9.86. The molecule has 0 N–H and O–H groups in total. The van der Waals surface area contributed by atoms with E-state index in [1.807, 2.05) is 0 Å². The van der Waals surface area contributed by atoms with Crippen molar-refractivity contribution in [3.8, 4) is 0 Å². The number of hydrogen-bond donors (Lipinski definition) is 0. The summed E-state index contributed by atoms with van der Waals surface area (Å²) in [7, 11) is 0. The average Bonchev–Trinajstić information content (AvgIpc) is 3.18. The van der Waals surface area contributed by atoms with Gasteiger partial charge in [-0.3, -0.25) is 14.6 Å². The summed E-state index contributed by atoms with van der Waals surface area (Å²) in [5, 5.41) is 0. The van der Waals surface area contributed by atoms with Crippen LogP contribution in [-0.2, 0) is 4.79 Å². The monoisotopic (exact) mass is 339 g/mol. The van der Waals surface area contributed by atoms with Crippen LogP contribution in [-0.4, -0.2) is 41.3 Å². The summed E-state index contributed by atoms with van der Waals surface area (Å²) in [6.07, 6.45) is 2.75. The topological polar surface area (TPSA) is 53.5 Å². The molecular weight excluding hydrogens is 321 g/mol. The largest absolute Gasteiger partial charge is 0.337 e. The van der Waals surface area contributed by atoms with Gasteiger partial charge in [0.25, 0.3) is 5.91 Å². The van der Waals surface area contributed by atoms with E-state index >= 15 is 0 Å². The molecule has 0 bridgehead atoms. The molecule has 1 atom stereocenters. The van der Waals surface area contributed by atoms with Gasteiger partial charge in [0, 0.05) is 43.4 Å². The third-order valence-electron chi connectivity index (χ3n) is 5.05. The number of carbonyl (C=O) groups excluding carboxylic acids is 2. The molecule has 1 aromatic carbocycles. The molecule has 0 unspecified atom stereocenters. The molecule has 3 heterocycles. The predicted octanol–water partition coefficient (Wildman–Crippen LogP) is 2.49. The molecule has 4 rings (SSSR count). The molecule has 128 valence electrons. The normalized spacial score (nSPS) is 22.8. The van der Waals surface area contributed by atoms with Gasteiger partial charge in [-0.1, -0.05) is 12.1 Å². The van der Waals surface area contributed by atoms with Crippen LogP contribution in [0.4, 0.5) is 10.1 Å². The SMILES string of the molecule is O=C(c1ccccn1)N1CC[C@@]2(CC(=O)N(c3cccc(F)c3)C2)C1. The van der Waals surface area contributed by atoms with Crippen LogP contribution in [0.2, 0.25) is 0 Å². The molecule has 0 saturated carbocycles. The Morgan fingerprint density at radius 1 is 1.16 bits per heavy atom. The van der Waals surface area contributed by atoms with Crippen molar-refractivity contribution in [3.63, 3.8) is 0 Å². The van der Waals surface area contributed by atoms with Gasteiger partial charge in [0.15, 0.2) is 0 Å². The maximum atomic E-state index is 13.5. The van der Waals surface area contributed by atoms with E-state index in [1.54, 1.807) is 46.3 Å². The number of hydrogen-bond acceptors (Lipinski definition) is 3. The first-order valence-corrected chi connectivity index (χ1v) is 8.33. The second-order valence-corrected chi connectivity index (χ2v) is 6.83. The Morgan fingerprint density at radius 2 is 2.04 bits per heavy atom. The Hall–Kier alpha value is -2.76. The fourth-order valence-electron chi connectivity index (χ4n) is 3.81. The minimum Gasteiger partial charge on any atom is -0.337 e. The first-order chi connectivity index (χ1) is 12.1. The van der Waals surface area contributed by atoms with Gasteiger partial charge in [-0.05, 0) is 36.8 Å². The minimum absolute atomic E-state index is 0.0160. The molecule has 2 saturated heterocycles. The van der Waals surface area contributed by atoms with Gasteiger partial charge in [-0.25, -0.2) is 4.39 Å². The van der Waals surface area contributed by atoms with Crippen molar-refractivity contribution in [1.29, 1.82) is 0 Å². The van der Waals surface area contributed by atoms with Gasteiger partial charge >= 0.3 is 0 Å². The maximum absolute atomic E-state index is 13.5. The number of carbonyl (C=O) groups is 2. The smallest absolute Gasteiger partial charge is 0.272 e. The van der Waals surface area contributed by atoms with Crippen LogP contribution in [0.5, 0.6) is 0 Å². The van der Waals surface area contributed by atoms with Crippen LogP contribution in [0.15, 0.2) is 48.7 Å². The van der Waals surface area contributed by atoms with Crippen molar-refractivity contribution >= 4 is 17.5 Å². The van der Waals surface area contributed by atoms with E-state index < -0.39 is 0 Å². The third-order valence-corrected chi connectivity index (χ3v) is 5.05. The summed E-state index contributed by atoms with van der Waals surface area (Å²) < 4.78 is 13.5. The lowest BCUT2D eigenvalue weighted by Crippen LogP contribution is -2.34. The number of pyridine rings is 1. The Morgan fingerprint density at radius 3 is 2.80 bits per heavy atom. The highest BCUT2D eigenvalue weighted by atomic mass is 19.1. The Labute approximate surface area is 145 Å². The van der Waals surface area contributed by atoms with Gasteiger partial charge in [-0.15, -0.1) is 0 Å². The van der Waals surface area contributed by atoms with E-state index in [1.165, 1.54) is 12.1 Å². The molecule has 2 fully saturated rings. The van der Waals surface area contributed by atoms with E-state index in [0.29, 0.717) is 37.4 Å². The van der Waals surface area contributed by atoms with Crippen LogP contribution < -0.4 is 4.90 Å². The quantitative estimate of drug-likeness (QED) is 0.845. The van der Waals surface area contributed by atoms with E-state index in [2.05, 4.69) is 4.98 Å². The van der Waals surface area contributed by atoms with Crippen molar-refractivity contribution in [2.75, 3.05) is 24.5 Å². The molecule has 1 spiro atoms. The first-order valence-electron chi connectivity index (χ1n) is 8.33. The number of amides is 2. The molecule has 5 nitrogen and oxygen atoms in total. The van der Waals surface area contributed by atoms with Gasteiger partial charge in [-0.2, -0.15) is 0 Å². The molecule has 1 aromatic heterocycles. The number of rotatable bonds is 2. The highest BCUT2D eigenvalue weighted by Gasteiger charge is 2.49. The highest BCUT2D eigenvalue weighted by molar-refractivity contribution is 5.97. The second kappa shape index (κ2) is 5.95. The van der Waals surface area contributed by atoms with Crippen molar-refractivity contribution in [2.45, 2.75) is 12.8 Å². The van der Waals surface area contributed by atoms with Crippen LogP contribution in [0, 0.1) is 11.2 Å². The molecule has 2 aromatic rings. The van der Waals surface area contributed by atoms with E-state index in [9.17, 15) is 14.0 Å². The standard InChI is InChI=1S/C19H18FN3O2/c20-14-4-3-5-15(10-14)23-13-19(11-17(23)24)7-9-22(12-19)18(25)16-6-1-2-8-21-16/h1-6,8,10H,7,9,11-13H2/t19-/m1/s1. The van der Waals surface area contributed by atoms with Crippen molar-refractivity contribution < 1.29 is 14.0 Å². The van der Waals surface area contributed by atoms with Crippen molar-refractivity contribution in [1.82, 2.24) is 9.88 Å². The summed E-state index contributed by atoms with van der Waals surface area (Å²) in [4.78, 5) is 32.6. The fourth-order valence-corrected chi connectivity index (χ4v) is 3.81. The second-order valence-electron chi connectivity index (χ2n) is 6.83. The van der Waals surface area contributed by atoms with Gasteiger partial charge in [0.2, 0.25) is 5.91 Å². The first kappa shape index (κ1) is 15.7. The van der Waals surface area contributed by atoms with E-state index in [-0.39, 0.29) is 23.0 Å². The van der Waals surface area contributed by atoms with Gasteiger partial charge < -0.3 is 9.80 Å². The lowest BCUT2D eigenvalue weighted by molar-refractivity contribution is -0.117. The molecule has 25 heavy (non-hydrogen) atoms. The third kappa shape index (κ3) is 2.88. The Balaban J connectivity index is 1.51. The summed E-state index contributed by atoms with van der Waals surface area (Å²) >= 11 is 0. The number of halogens is 1. The van der Waals surface area contributed by atoms with Crippen LogP contribution in [0.25, 0.3) is 0 Å². The van der Waals surface area contributed by atoms with Gasteiger partial charge in [0.05, 0.1) is 0 Å². The van der Waals surface area contributed by atoms with Crippen molar-refractivity contribution in [3.05, 3.63) is 60.2 Å². The average molecular weight is 339 g/mol. The molecule has 2 aliphatic heterocycles. The summed E-state index contributed by atoms with van der Waals surface area (Å²) in [5.74, 6) is -0.475. The number of anilines is 1. The van der Waals surface area contributed by atoms with E-state index in [4.69, 9.17) is 0 Å². The summed E-state index contributed by atoms with van der Waals surface area (Å²) in [5.41, 5.74) is 0.746. The minimum atomic E-state index is -0.357. The molecule has 6 heteroatoms. The van der Waals surface area contributed by atoms with Crippen LogP contribution >= 0.6 is 0 Å². The Kier molecular flexibility index (Phi) is 3.75. The summed E-state index contributed by atoms with van der Waals surface area (Å²) in [6.45, 7) is 1.65. The van der Waals surface area contributed by atoms with E-state index in [0.717, 1.165) is 6.42 Å². The molecule has 2 amide bonds. The van der Waals surface area contributed by atoms with Crippen LogP contribution in [0.3, 0.4) is 0 Å².